The number of hydrogen-bond donors (Lipinski definition) is 1. The van der Waals surface area contributed by atoms with Crippen LogP contribution in [0.2, 0.25) is 0 Å². The van der Waals surface area contributed by atoms with E-state index in [1.165, 1.54) is 32.2 Å². The first-order valence-corrected chi connectivity index (χ1v) is 6.79. The third-order valence-electron chi connectivity index (χ3n) is 3.18. The Morgan fingerprint density at radius 3 is 2.69 bits per heavy atom. The molecule has 1 fully saturated rings. The molecule has 1 rings (SSSR count). The fourth-order valence-corrected chi connectivity index (χ4v) is 2.28. The first-order valence-electron chi connectivity index (χ1n) is 5.50. The van der Waals surface area contributed by atoms with Crippen molar-refractivity contribution in [2.75, 3.05) is 12.8 Å². The average Bonchev–Trinajstić information content (AvgIpc) is 2.16. The monoisotopic (exact) mass is 201 g/mol. The highest BCUT2D eigenvalue weighted by Gasteiger charge is 2.20. The van der Waals surface area contributed by atoms with Crippen LogP contribution in [-0.2, 0) is 0 Å². The molecule has 0 amide bonds. The Morgan fingerprint density at radius 1 is 1.38 bits per heavy atom. The molecule has 0 heterocycles. The minimum Gasteiger partial charge on any atom is -0.313 e. The lowest BCUT2D eigenvalue weighted by Gasteiger charge is -2.30. The standard InChI is InChI=1S/C11H23NS/c1-9-6-4-5-7-11(9)12-8-10(2)13-3/h9-12H,4-8H2,1-3H3. The van der Waals surface area contributed by atoms with E-state index in [0.29, 0.717) is 0 Å². The summed E-state index contributed by atoms with van der Waals surface area (Å²) in [5.74, 6) is 0.891. The summed E-state index contributed by atoms with van der Waals surface area (Å²) in [5, 5.41) is 4.46. The van der Waals surface area contributed by atoms with E-state index in [-0.39, 0.29) is 0 Å². The zero-order valence-corrected chi connectivity index (χ0v) is 9.99. The Bertz CT molecular complexity index is 138. The molecule has 13 heavy (non-hydrogen) atoms. The molecule has 1 aliphatic rings. The summed E-state index contributed by atoms with van der Waals surface area (Å²) in [6.07, 6.45) is 7.87. The number of nitrogens with one attached hydrogen (secondary N) is 1. The van der Waals surface area contributed by atoms with Crippen molar-refractivity contribution >= 4 is 11.8 Å². The fourth-order valence-electron chi connectivity index (χ4n) is 2.02. The van der Waals surface area contributed by atoms with Gasteiger partial charge in [-0.25, -0.2) is 0 Å². The molecule has 0 saturated heterocycles. The van der Waals surface area contributed by atoms with Gasteiger partial charge in [-0.1, -0.05) is 26.7 Å². The van der Waals surface area contributed by atoms with Crippen LogP contribution in [-0.4, -0.2) is 24.1 Å². The van der Waals surface area contributed by atoms with Crippen molar-refractivity contribution in [3.05, 3.63) is 0 Å². The summed E-state index contributed by atoms with van der Waals surface area (Å²) in [6, 6.07) is 0.795. The van der Waals surface area contributed by atoms with Crippen LogP contribution in [0.3, 0.4) is 0 Å². The molecule has 1 nitrogen and oxygen atoms in total. The second kappa shape index (κ2) is 5.92. The molecule has 1 saturated carbocycles. The Morgan fingerprint density at radius 2 is 2.08 bits per heavy atom. The van der Waals surface area contributed by atoms with E-state index in [1.807, 2.05) is 11.8 Å². The predicted octanol–water partition coefficient (Wildman–Crippen LogP) is 2.91. The van der Waals surface area contributed by atoms with Gasteiger partial charge < -0.3 is 5.32 Å². The molecular formula is C11H23NS. The van der Waals surface area contributed by atoms with E-state index >= 15 is 0 Å². The summed E-state index contributed by atoms with van der Waals surface area (Å²) in [5.41, 5.74) is 0. The molecule has 3 atom stereocenters. The lowest BCUT2D eigenvalue weighted by atomic mass is 9.86. The fraction of sp³-hybridized carbons (Fsp3) is 1.00. The second-order valence-electron chi connectivity index (χ2n) is 4.32. The molecule has 1 aliphatic carbocycles. The topological polar surface area (TPSA) is 12.0 Å². The van der Waals surface area contributed by atoms with E-state index in [2.05, 4.69) is 25.4 Å². The summed E-state index contributed by atoms with van der Waals surface area (Å²) in [4.78, 5) is 0. The van der Waals surface area contributed by atoms with Crippen LogP contribution in [0.5, 0.6) is 0 Å². The largest absolute Gasteiger partial charge is 0.313 e. The van der Waals surface area contributed by atoms with Crippen LogP contribution in [0, 0.1) is 5.92 Å². The van der Waals surface area contributed by atoms with Crippen molar-refractivity contribution in [3.8, 4) is 0 Å². The summed E-state index contributed by atoms with van der Waals surface area (Å²) >= 11 is 1.95. The van der Waals surface area contributed by atoms with Crippen molar-refractivity contribution in [3.63, 3.8) is 0 Å². The normalized spacial score (nSPS) is 31.6. The molecule has 0 aromatic rings. The molecule has 2 heteroatoms. The zero-order valence-electron chi connectivity index (χ0n) is 9.18. The molecule has 3 unspecified atom stereocenters. The maximum absolute atomic E-state index is 3.70. The van der Waals surface area contributed by atoms with E-state index in [0.717, 1.165) is 17.2 Å². The van der Waals surface area contributed by atoms with E-state index in [4.69, 9.17) is 0 Å². The molecule has 0 bridgehead atoms. The van der Waals surface area contributed by atoms with Gasteiger partial charge in [0.1, 0.15) is 0 Å². The second-order valence-corrected chi connectivity index (χ2v) is 5.60. The third-order valence-corrected chi connectivity index (χ3v) is 4.15. The first kappa shape index (κ1) is 11.4. The molecule has 0 aliphatic heterocycles. The highest BCUT2D eigenvalue weighted by atomic mass is 32.2. The molecule has 0 aromatic carbocycles. The molecule has 0 spiro atoms. The van der Waals surface area contributed by atoms with Gasteiger partial charge in [0, 0.05) is 17.8 Å². The third kappa shape index (κ3) is 3.90. The lowest BCUT2D eigenvalue weighted by Crippen LogP contribution is -2.39. The smallest absolute Gasteiger partial charge is 0.0141 e. The Kier molecular flexibility index (Phi) is 5.18. The molecule has 0 radical (unpaired) electrons. The van der Waals surface area contributed by atoms with Crippen molar-refractivity contribution < 1.29 is 0 Å². The maximum Gasteiger partial charge on any atom is 0.0141 e. The van der Waals surface area contributed by atoms with Gasteiger partial charge >= 0.3 is 0 Å². The Balaban J connectivity index is 2.18. The van der Waals surface area contributed by atoms with Crippen LogP contribution in [0.15, 0.2) is 0 Å². The van der Waals surface area contributed by atoms with Gasteiger partial charge in [0.05, 0.1) is 0 Å². The molecule has 78 valence electrons. The van der Waals surface area contributed by atoms with Crippen molar-refractivity contribution in [2.24, 2.45) is 5.92 Å². The lowest BCUT2D eigenvalue weighted by molar-refractivity contribution is 0.282. The van der Waals surface area contributed by atoms with Gasteiger partial charge in [-0.3, -0.25) is 0 Å². The van der Waals surface area contributed by atoms with E-state index < -0.39 is 0 Å². The molecule has 0 aromatic heterocycles. The van der Waals surface area contributed by atoms with Gasteiger partial charge in [-0.05, 0) is 25.0 Å². The van der Waals surface area contributed by atoms with Crippen LogP contribution < -0.4 is 5.32 Å². The molecular weight excluding hydrogens is 178 g/mol. The van der Waals surface area contributed by atoms with Crippen LogP contribution >= 0.6 is 11.8 Å². The van der Waals surface area contributed by atoms with Gasteiger partial charge in [0.2, 0.25) is 0 Å². The van der Waals surface area contributed by atoms with E-state index in [1.54, 1.807) is 0 Å². The number of hydrogen-bond acceptors (Lipinski definition) is 2. The highest BCUT2D eigenvalue weighted by Crippen LogP contribution is 2.23. The minimum absolute atomic E-state index is 0.758. The molecule has 1 N–H and O–H groups in total. The quantitative estimate of drug-likeness (QED) is 0.750. The van der Waals surface area contributed by atoms with Gasteiger partial charge in [0.15, 0.2) is 0 Å². The van der Waals surface area contributed by atoms with Gasteiger partial charge in [-0.15, -0.1) is 0 Å². The van der Waals surface area contributed by atoms with Gasteiger partial charge in [0.25, 0.3) is 0 Å². The average molecular weight is 201 g/mol. The van der Waals surface area contributed by atoms with Crippen molar-refractivity contribution in [1.29, 1.82) is 0 Å². The van der Waals surface area contributed by atoms with Gasteiger partial charge in [-0.2, -0.15) is 11.8 Å². The predicted molar refractivity (Wildman–Crippen MR) is 62.4 cm³/mol. The Labute approximate surface area is 87.1 Å². The Hall–Kier alpha value is 0.310. The first-order chi connectivity index (χ1) is 6.24. The van der Waals surface area contributed by atoms with Crippen LogP contribution in [0.25, 0.3) is 0 Å². The van der Waals surface area contributed by atoms with Crippen LogP contribution in [0.4, 0.5) is 0 Å². The summed E-state index contributed by atoms with van der Waals surface area (Å²) < 4.78 is 0. The van der Waals surface area contributed by atoms with Crippen molar-refractivity contribution in [1.82, 2.24) is 5.32 Å². The number of thioether (sulfide) groups is 1. The summed E-state index contributed by atoms with van der Waals surface area (Å²) in [6.45, 7) is 5.86. The minimum atomic E-state index is 0.758. The SMILES string of the molecule is CSC(C)CNC1CCCCC1C. The van der Waals surface area contributed by atoms with Crippen LogP contribution in [0.1, 0.15) is 39.5 Å². The highest BCUT2D eigenvalue weighted by molar-refractivity contribution is 7.99. The number of rotatable bonds is 4. The summed E-state index contributed by atoms with van der Waals surface area (Å²) in [7, 11) is 0. The maximum atomic E-state index is 3.70. The van der Waals surface area contributed by atoms with E-state index in [9.17, 15) is 0 Å². The zero-order chi connectivity index (χ0) is 9.68. The van der Waals surface area contributed by atoms with Crippen molar-refractivity contribution in [2.45, 2.75) is 50.8 Å².